The van der Waals surface area contributed by atoms with Crippen LogP contribution in [0.4, 0.5) is 0 Å². The van der Waals surface area contributed by atoms with Crippen molar-refractivity contribution >= 4 is 60.9 Å². The summed E-state index contributed by atoms with van der Waals surface area (Å²) >= 11 is 0. The Morgan fingerprint density at radius 3 is 1.37 bits per heavy atom. The lowest BCUT2D eigenvalue weighted by Crippen LogP contribution is -2.13. The van der Waals surface area contributed by atoms with Crippen molar-refractivity contribution in [1.82, 2.24) is 9.97 Å². The molecule has 13 rings (SSSR count). The second kappa shape index (κ2) is 17.7. The van der Waals surface area contributed by atoms with Crippen LogP contribution in [0.25, 0.3) is 111 Å². The molecule has 1 unspecified atom stereocenters. The Bertz CT molecular complexity index is 4010. The first-order valence-corrected chi connectivity index (χ1v) is 24.3. The Morgan fingerprint density at radius 1 is 0.366 bits per heavy atom. The van der Waals surface area contributed by atoms with Gasteiger partial charge in [-0.1, -0.05) is 183 Å². The topological polar surface area (TPSA) is 64.4 Å². The van der Waals surface area contributed by atoms with Crippen molar-refractivity contribution in [3.8, 4) is 56.2 Å². The number of hydrogen-bond donors (Lipinski definition) is 0. The molecular weight excluding hydrogens is 867 g/mol. The monoisotopic (exact) mass is 911 g/mol. The Labute approximate surface area is 411 Å². The number of benzene rings is 9. The minimum Gasteiger partial charge on any atom is -0.456 e. The maximum Gasteiger partial charge on any atom is 0.160 e. The van der Waals surface area contributed by atoms with Crippen LogP contribution in [0.5, 0.6) is 0 Å². The van der Waals surface area contributed by atoms with Gasteiger partial charge in [-0.05, 0) is 100.0 Å². The third-order valence-corrected chi connectivity index (χ3v) is 13.8. The van der Waals surface area contributed by atoms with Gasteiger partial charge in [-0.3, -0.25) is 4.99 Å². The molecule has 5 heteroatoms. The molecule has 0 spiro atoms. The summed E-state index contributed by atoms with van der Waals surface area (Å²) in [5.41, 5.74) is 18.9. The van der Waals surface area contributed by atoms with Crippen molar-refractivity contribution in [3.05, 3.63) is 253 Å². The average molecular weight is 912 g/mol. The highest BCUT2D eigenvalue weighted by atomic mass is 16.3. The quantitative estimate of drug-likeness (QED) is 0.145. The van der Waals surface area contributed by atoms with Crippen LogP contribution in [0.15, 0.2) is 250 Å². The highest BCUT2D eigenvalue weighted by Gasteiger charge is 2.22. The normalized spacial score (nSPS) is 13.9. The number of hydrogen-bond acceptors (Lipinski definition) is 5. The fourth-order valence-corrected chi connectivity index (χ4v) is 10.1. The predicted molar refractivity (Wildman–Crippen MR) is 293 cm³/mol. The largest absolute Gasteiger partial charge is 0.456 e. The Kier molecular flexibility index (Phi) is 10.5. The van der Waals surface area contributed by atoms with Crippen molar-refractivity contribution in [2.75, 3.05) is 0 Å². The van der Waals surface area contributed by atoms with E-state index >= 15 is 0 Å². The molecule has 12 aromatic rings. The third kappa shape index (κ3) is 7.93. The van der Waals surface area contributed by atoms with Crippen LogP contribution in [0, 0.1) is 5.92 Å². The number of fused-ring (bicyclic) bond motifs is 6. The van der Waals surface area contributed by atoms with Crippen LogP contribution in [0.3, 0.4) is 0 Å². The van der Waals surface area contributed by atoms with Gasteiger partial charge in [0.1, 0.15) is 22.3 Å². The Balaban J connectivity index is 0.823. The molecule has 1 aliphatic rings. The summed E-state index contributed by atoms with van der Waals surface area (Å²) in [5, 5.41) is 4.22. The number of nitrogens with zero attached hydrogens (tertiary/aromatic N) is 3. The van der Waals surface area contributed by atoms with Crippen molar-refractivity contribution in [2.24, 2.45) is 10.9 Å². The fourth-order valence-electron chi connectivity index (χ4n) is 10.1. The number of allylic oxidation sites excluding steroid dienone is 3. The van der Waals surface area contributed by atoms with Crippen LogP contribution < -0.4 is 0 Å². The van der Waals surface area contributed by atoms with Gasteiger partial charge in [0.05, 0.1) is 22.8 Å². The van der Waals surface area contributed by atoms with Crippen LogP contribution in [-0.4, -0.2) is 15.7 Å². The van der Waals surface area contributed by atoms with Gasteiger partial charge in [-0.15, -0.1) is 0 Å². The van der Waals surface area contributed by atoms with Crippen molar-refractivity contribution in [3.63, 3.8) is 0 Å². The summed E-state index contributed by atoms with van der Waals surface area (Å²) in [6.45, 7) is 2.24. The van der Waals surface area contributed by atoms with Gasteiger partial charge in [-0.2, -0.15) is 0 Å². The Morgan fingerprint density at radius 2 is 0.817 bits per heavy atom. The van der Waals surface area contributed by atoms with Gasteiger partial charge in [0, 0.05) is 55.8 Å². The van der Waals surface area contributed by atoms with Gasteiger partial charge in [0.2, 0.25) is 0 Å². The van der Waals surface area contributed by atoms with Crippen LogP contribution in [0.1, 0.15) is 30.0 Å². The Hall–Kier alpha value is -9.19. The second-order valence-electron chi connectivity index (χ2n) is 18.2. The zero-order valence-electron chi connectivity index (χ0n) is 39.0. The summed E-state index contributed by atoms with van der Waals surface area (Å²) in [5.74, 6) is 0.800. The summed E-state index contributed by atoms with van der Waals surface area (Å²) in [6, 6.07) is 78.3. The lowest BCUT2D eigenvalue weighted by molar-refractivity contribution is 0.656. The number of furan rings is 2. The number of aromatic nitrogens is 2. The molecule has 0 bridgehead atoms. The van der Waals surface area contributed by atoms with E-state index in [0.29, 0.717) is 5.82 Å². The van der Waals surface area contributed by atoms with E-state index in [1.807, 2.05) is 42.5 Å². The molecule has 0 saturated heterocycles. The molecule has 0 fully saturated rings. The number of rotatable bonds is 9. The third-order valence-electron chi connectivity index (χ3n) is 13.8. The van der Waals surface area contributed by atoms with Gasteiger partial charge in [-0.25, -0.2) is 9.97 Å². The molecule has 71 heavy (non-hydrogen) atoms. The van der Waals surface area contributed by atoms with Gasteiger partial charge < -0.3 is 8.83 Å². The van der Waals surface area contributed by atoms with Crippen molar-refractivity contribution in [1.29, 1.82) is 0 Å². The van der Waals surface area contributed by atoms with E-state index in [2.05, 4.69) is 201 Å². The molecule has 9 aromatic carbocycles. The van der Waals surface area contributed by atoms with E-state index in [9.17, 15) is 0 Å². The summed E-state index contributed by atoms with van der Waals surface area (Å²) in [4.78, 5) is 15.6. The molecule has 0 saturated carbocycles. The van der Waals surface area contributed by atoms with Crippen LogP contribution >= 0.6 is 0 Å². The van der Waals surface area contributed by atoms with Gasteiger partial charge in [0.15, 0.2) is 5.82 Å². The first-order valence-electron chi connectivity index (χ1n) is 24.3. The molecule has 3 aromatic heterocycles. The molecular formula is C66H45N3O2. The molecule has 1 atom stereocenters. The van der Waals surface area contributed by atoms with E-state index in [1.54, 1.807) is 0 Å². The lowest BCUT2D eigenvalue weighted by atomic mass is 9.90. The van der Waals surface area contributed by atoms with E-state index in [-0.39, 0.29) is 5.92 Å². The van der Waals surface area contributed by atoms with E-state index < -0.39 is 0 Å². The standard InChI is InChI=1S/C66H45N3O2/c1-2-42-33-53(43-17-7-3-8-18-43)36-58(44-19-9-4-10-20-44)67-65(42)51-27-15-25-47(34-51)49-29-31-54-56-39-57-55-32-30-50(38-62(55)71-64(57)41-63(56)70-61(54)37-49)48-26-16-28-52(35-48)66-68-59(45-21-11-5-12-22-45)40-60(69-66)46-23-13-6-14-24-46/h3-42H,2H2,1H3. The molecule has 0 radical (unpaired) electrons. The fraction of sp³-hybridized carbons (Fsp3) is 0.0455. The van der Waals surface area contributed by atoms with E-state index in [4.69, 9.17) is 23.8 Å². The summed E-state index contributed by atoms with van der Waals surface area (Å²) in [6.07, 6.45) is 5.55. The molecule has 0 N–H and O–H groups in total. The first kappa shape index (κ1) is 42.0. The second-order valence-corrected chi connectivity index (χ2v) is 18.2. The molecule has 0 amide bonds. The smallest absolute Gasteiger partial charge is 0.160 e. The minimum absolute atomic E-state index is 0.126. The van der Waals surface area contributed by atoms with Gasteiger partial charge >= 0.3 is 0 Å². The van der Waals surface area contributed by atoms with Crippen molar-refractivity contribution < 1.29 is 8.83 Å². The molecule has 0 aliphatic carbocycles. The van der Waals surface area contributed by atoms with Gasteiger partial charge in [0.25, 0.3) is 0 Å². The zero-order valence-corrected chi connectivity index (χ0v) is 39.0. The van der Waals surface area contributed by atoms with E-state index in [0.717, 1.165) is 123 Å². The SMILES string of the molecule is CCC1C=C(c2ccccc2)C=C(c2ccccc2)N=C1c1cccc(-c2ccc3c(c2)oc2cc4oc5cc(-c6cccc(-c7nc(-c8ccccc8)cc(-c8ccccc8)n7)c6)ccc5c4cc23)c1. The molecule has 4 heterocycles. The minimum atomic E-state index is 0.126. The maximum absolute atomic E-state index is 6.64. The maximum atomic E-state index is 6.64. The molecule has 1 aliphatic heterocycles. The van der Waals surface area contributed by atoms with E-state index in [1.165, 1.54) is 11.1 Å². The highest BCUT2D eigenvalue weighted by molar-refractivity contribution is 6.16. The van der Waals surface area contributed by atoms with Crippen molar-refractivity contribution in [2.45, 2.75) is 13.3 Å². The van der Waals surface area contributed by atoms with Crippen LogP contribution in [0.2, 0.25) is 0 Å². The summed E-state index contributed by atoms with van der Waals surface area (Å²) < 4.78 is 13.3. The number of aliphatic imine (C=N–C) groups is 1. The molecule has 5 nitrogen and oxygen atoms in total. The predicted octanol–water partition coefficient (Wildman–Crippen LogP) is 17.6. The van der Waals surface area contributed by atoms with Crippen LogP contribution in [-0.2, 0) is 0 Å². The molecule has 336 valence electrons. The first-order chi connectivity index (χ1) is 35.1. The zero-order chi connectivity index (χ0) is 47.3. The summed E-state index contributed by atoms with van der Waals surface area (Å²) in [7, 11) is 0. The highest BCUT2D eigenvalue weighted by Crippen LogP contribution is 2.40. The lowest BCUT2D eigenvalue weighted by Gasteiger charge is -2.16. The average Bonchev–Trinajstić information content (AvgIpc) is 3.91.